The van der Waals surface area contributed by atoms with Crippen molar-refractivity contribution in [3.05, 3.63) is 5.82 Å². The molecule has 0 aliphatic heterocycles. The fourth-order valence-corrected chi connectivity index (χ4v) is 1.59. The molecule has 0 unspecified atom stereocenters. The first kappa shape index (κ1) is 10.1. The molecule has 15 heavy (non-hydrogen) atoms. The van der Waals surface area contributed by atoms with Gasteiger partial charge in [0, 0.05) is 6.54 Å². The van der Waals surface area contributed by atoms with Crippen LogP contribution in [0.5, 0.6) is 0 Å². The number of ether oxygens (including phenoxy) is 1. The molecule has 0 spiro atoms. The summed E-state index contributed by atoms with van der Waals surface area (Å²) in [7, 11) is 0. The second-order valence-corrected chi connectivity index (χ2v) is 3.70. The van der Waals surface area contributed by atoms with Crippen LogP contribution in [0.2, 0.25) is 0 Å². The van der Waals surface area contributed by atoms with E-state index in [9.17, 15) is 4.79 Å². The molecule has 82 valence electrons. The summed E-state index contributed by atoms with van der Waals surface area (Å²) in [6.07, 6.45) is 3.66. The predicted molar refractivity (Wildman–Crippen MR) is 51.1 cm³/mol. The van der Waals surface area contributed by atoms with E-state index in [1.165, 1.54) is 19.3 Å². The summed E-state index contributed by atoms with van der Waals surface area (Å²) in [5, 5.41) is 11.0. The highest BCUT2D eigenvalue weighted by molar-refractivity contribution is 5.85. The van der Waals surface area contributed by atoms with E-state index in [-0.39, 0.29) is 5.82 Å². The molecule has 2 rings (SSSR count). The zero-order valence-electron chi connectivity index (χ0n) is 8.72. The van der Waals surface area contributed by atoms with Crippen molar-refractivity contribution in [2.45, 2.75) is 32.7 Å². The molecule has 1 aromatic heterocycles. The van der Waals surface area contributed by atoms with Crippen LogP contribution in [0.3, 0.4) is 0 Å². The summed E-state index contributed by atoms with van der Waals surface area (Å²) in [4.78, 5) is 11.4. The topological polar surface area (TPSA) is 69.9 Å². The summed E-state index contributed by atoms with van der Waals surface area (Å²) in [6, 6.07) is 0. The molecule has 0 saturated heterocycles. The average Bonchev–Trinajstić information content (AvgIpc) is 2.59. The Labute approximate surface area is 87.6 Å². The Morgan fingerprint density at radius 3 is 3.00 bits per heavy atom. The number of hydrogen-bond donors (Lipinski definition) is 0. The second-order valence-electron chi connectivity index (χ2n) is 3.70. The van der Waals surface area contributed by atoms with E-state index < -0.39 is 5.97 Å². The summed E-state index contributed by atoms with van der Waals surface area (Å²) in [5.41, 5.74) is 0. The highest BCUT2D eigenvalue weighted by Gasteiger charge is 2.23. The van der Waals surface area contributed by atoms with Gasteiger partial charge in [-0.2, -0.15) is 0 Å². The zero-order chi connectivity index (χ0) is 10.7. The van der Waals surface area contributed by atoms with Gasteiger partial charge in [0.25, 0.3) is 5.82 Å². The third-order valence-electron chi connectivity index (χ3n) is 2.65. The first-order chi connectivity index (χ1) is 7.31. The molecule has 1 saturated carbocycles. The fourth-order valence-electron chi connectivity index (χ4n) is 1.59. The number of rotatable bonds is 4. The second kappa shape index (κ2) is 4.37. The lowest BCUT2D eigenvalue weighted by atomic mass is 9.85. The van der Waals surface area contributed by atoms with Crippen LogP contribution in [0.25, 0.3) is 0 Å². The monoisotopic (exact) mass is 210 g/mol. The van der Waals surface area contributed by atoms with E-state index >= 15 is 0 Å². The molecule has 1 fully saturated rings. The molecule has 0 amide bonds. The van der Waals surface area contributed by atoms with Gasteiger partial charge in [0.05, 0.1) is 6.61 Å². The van der Waals surface area contributed by atoms with Crippen molar-refractivity contribution in [3.63, 3.8) is 0 Å². The number of carbonyl (C=O) groups excluding carboxylic acids is 1. The Balaban J connectivity index is 2.03. The molecule has 1 aliphatic rings. The highest BCUT2D eigenvalue weighted by atomic mass is 16.5. The third-order valence-corrected chi connectivity index (χ3v) is 2.65. The number of nitrogens with zero attached hydrogens (tertiary/aromatic N) is 4. The van der Waals surface area contributed by atoms with E-state index in [1.807, 2.05) is 0 Å². The average molecular weight is 210 g/mol. The first-order valence-corrected chi connectivity index (χ1v) is 5.24. The van der Waals surface area contributed by atoms with Crippen molar-refractivity contribution in [3.8, 4) is 0 Å². The molecular weight excluding hydrogens is 196 g/mol. The Morgan fingerprint density at radius 1 is 1.60 bits per heavy atom. The summed E-state index contributed by atoms with van der Waals surface area (Å²) in [6.45, 7) is 2.83. The molecule has 6 heteroatoms. The van der Waals surface area contributed by atoms with Gasteiger partial charge >= 0.3 is 5.97 Å². The van der Waals surface area contributed by atoms with E-state index in [0.717, 1.165) is 6.54 Å². The Bertz CT molecular complexity index is 346. The van der Waals surface area contributed by atoms with E-state index in [1.54, 1.807) is 11.6 Å². The van der Waals surface area contributed by atoms with E-state index in [4.69, 9.17) is 4.74 Å². The molecule has 1 heterocycles. The fraction of sp³-hybridized carbons (Fsp3) is 0.778. The molecule has 1 aromatic rings. The number of tetrazole rings is 1. The maximum Gasteiger partial charge on any atom is 0.378 e. The molecule has 0 aromatic carbocycles. The number of aromatic nitrogens is 4. The maximum atomic E-state index is 11.4. The quantitative estimate of drug-likeness (QED) is 0.682. The van der Waals surface area contributed by atoms with Crippen LogP contribution in [0.4, 0.5) is 0 Å². The van der Waals surface area contributed by atoms with Gasteiger partial charge in [-0.15, -0.1) is 5.10 Å². The molecular formula is C9H14N4O2. The van der Waals surface area contributed by atoms with Crippen LogP contribution >= 0.6 is 0 Å². The molecule has 0 atom stereocenters. The molecule has 0 N–H and O–H groups in total. The van der Waals surface area contributed by atoms with Crippen LogP contribution in [-0.2, 0) is 11.3 Å². The van der Waals surface area contributed by atoms with E-state index in [0.29, 0.717) is 12.5 Å². The molecule has 0 bridgehead atoms. The molecule has 0 radical (unpaired) electrons. The number of carbonyl (C=O) groups is 1. The van der Waals surface area contributed by atoms with Gasteiger partial charge in [-0.1, -0.05) is 6.42 Å². The molecule has 1 aliphatic carbocycles. The van der Waals surface area contributed by atoms with Crippen molar-refractivity contribution in [2.24, 2.45) is 5.92 Å². The van der Waals surface area contributed by atoms with Crippen LogP contribution in [-0.4, -0.2) is 32.8 Å². The van der Waals surface area contributed by atoms with Crippen LogP contribution < -0.4 is 0 Å². The van der Waals surface area contributed by atoms with Crippen molar-refractivity contribution < 1.29 is 9.53 Å². The normalized spacial score (nSPS) is 16.1. The minimum atomic E-state index is -0.443. The lowest BCUT2D eigenvalue weighted by molar-refractivity contribution is 0.0501. The third kappa shape index (κ3) is 2.14. The number of esters is 1. The maximum absolute atomic E-state index is 11.4. The minimum absolute atomic E-state index is 0.212. The smallest absolute Gasteiger partial charge is 0.378 e. The van der Waals surface area contributed by atoms with Gasteiger partial charge in [-0.05, 0) is 36.1 Å². The predicted octanol–water partition coefficient (Wildman–Crippen LogP) is 0.650. The minimum Gasteiger partial charge on any atom is -0.460 e. The van der Waals surface area contributed by atoms with Gasteiger partial charge in [0.2, 0.25) is 0 Å². The summed E-state index contributed by atoms with van der Waals surface area (Å²) in [5.74, 6) is 0.382. The Morgan fingerprint density at radius 2 is 2.40 bits per heavy atom. The van der Waals surface area contributed by atoms with Crippen LogP contribution in [0.1, 0.15) is 36.8 Å². The van der Waals surface area contributed by atoms with Crippen LogP contribution in [0, 0.1) is 5.92 Å². The number of hydrogen-bond acceptors (Lipinski definition) is 5. The lowest BCUT2D eigenvalue weighted by Crippen LogP contribution is -2.22. The van der Waals surface area contributed by atoms with Crippen molar-refractivity contribution in [2.75, 3.05) is 6.61 Å². The highest BCUT2D eigenvalue weighted by Crippen LogP contribution is 2.27. The van der Waals surface area contributed by atoms with E-state index in [2.05, 4.69) is 15.5 Å². The van der Waals surface area contributed by atoms with Gasteiger partial charge in [-0.3, -0.25) is 0 Å². The van der Waals surface area contributed by atoms with Gasteiger partial charge in [0.1, 0.15) is 0 Å². The van der Waals surface area contributed by atoms with Gasteiger partial charge in [0.15, 0.2) is 0 Å². The zero-order valence-corrected chi connectivity index (χ0v) is 8.72. The van der Waals surface area contributed by atoms with Crippen molar-refractivity contribution in [1.82, 2.24) is 20.2 Å². The van der Waals surface area contributed by atoms with Crippen LogP contribution in [0.15, 0.2) is 0 Å². The Hall–Kier alpha value is -1.46. The van der Waals surface area contributed by atoms with Crippen molar-refractivity contribution >= 4 is 5.97 Å². The van der Waals surface area contributed by atoms with Crippen molar-refractivity contribution in [1.29, 1.82) is 0 Å². The lowest BCUT2D eigenvalue weighted by Gasteiger charge is -2.24. The van der Waals surface area contributed by atoms with Gasteiger partial charge < -0.3 is 4.74 Å². The SMILES string of the molecule is CCOC(=O)c1nnnn1CC1CCC1. The summed E-state index contributed by atoms with van der Waals surface area (Å²) >= 11 is 0. The standard InChI is InChI=1S/C9H14N4O2/c1-2-15-9(14)8-10-11-12-13(8)6-7-4-3-5-7/h7H,2-6H2,1H3. The largest absolute Gasteiger partial charge is 0.460 e. The van der Waals surface area contributed by atoms with Gasteiger partial charge in [-0.25, -0.2) is 9.48 Å². The first-order valence-electron chi connectivity index (χ1n) is 5.24. The Kier molecular flexibility index (Phi) is 2.94. The molecule has 6 nitrogen and oxygen atoms in total. The summed E-state index contributed by atoms with van der Waals surface area (Å²) < 4.78 is 6.40.